The van der Waals surface area contributed by atoms with E-state index in [0.29, 0.717) is 64.6 Å². The summed E-state index contributed by atoms with van der Waals surface area (Å²) < 4.78 is 41.3. The van der Waals surface area contributed by atoms with Crippen molar-refractivity contribution in [2.75, 3.05) is 0 Å². The minimum atomic E-state index is -0.412. The molecular formula is C81H104O16. The summed E-state index contributed by atoms with van der Waals surface area (Å²) in [5, 5.41) is 3.37. The van der Waals surface area contributed by atoms with Crippen LogP contribution < -0.4 is 41.4 Å². The molecule has 0 unspecified atom stereocenters. The summed E-state index contributed by atoms with van der Waals surface area (Å²) in [7, 11) is 0. The number of benzene rings is 4. The molecule has 0 spiro atoms. The smallest absolute Gasteiger partial charge is 0.336 e. The van der Waals surface area contributed by atoms with Crippen molar-refractivity contribution in [1.82, 2.24) is 0 Å². The topological polar surface area (TPSA) is 226 Å². The van der Waals surface area contributed by atoms with Gasteiger partial charge in [0.05, 0.1) is 0 Å². The first-order valence-electron chi connectivity index (χ1n) is 35.5. The van der Waals surface area contributed by atoms with Gasteiger partial charge in [0.2, 0.25) is 0 Å². The number of allylic oxidation sites excluding steroid dienone is 2. The van der Waals surface area contributed by atoms with Crippen LogP contribution in [0.3, 0.4) is 0 Å². The lowest BCUT2D eigenvalue weighted by Gasteiger charge is -2.06. The maximum absolute atomic E-state index is 12.1. The Hall–Kier alpha value is -8.66. The summed E-state index contributed by atoms with van der Waals surface area (Å²) in [6.45, 7) is 14.9. The molecule has 0 aliphatic carbocycles. The van der Waals surface area contributed by atoms with Crippen LogP contribution in [0.1, 0.15) is 249 Å². The first-order valence-corrected chi connectivity index (χ1v) is 35.5. The Morgan fingerprint density at radius 1 is 0.320 bits per heavy atom. The van der Waals surface area contributed by atoms with Gasteiger partial charge in [0.15, 0.2) is 0 Å². The third-order valence-corrected chi connectivity index (χ3v) is 16.6. The van der Waals surface area contributed by atoms with Crippen molar-refractivity contribution >= 4 is 67.8 Å². The molecule has 0 aliphatic heterocycles. The Kier molecular flexibility index (Phi) is 36.6. The number of unbranched alkanes of at least 4 members (excludes halogenated alkanes) is 25. The molecule has 0 saturated heterocycles. The SMILES string of the molecule is CC(=O)Oc1ccc2c(C)cc(=O)oc2c1.CCC(=O)Oc1ccc2c(C)cc(=O)oc2c1.CCCCCCCC/C=C\CCCCCCCC(=O)Oc1ccc2c(C)cc(=O)oc2c1.CCCCCCCCCCCCCCCCCC(=O)Oc1ccc2c(C)cc(=O)oc2c1. The minimum absolute atomic E-state index is 0.228. The summed E-state index contributed by atoms with van der Waals surface area (Å²) in [5.74, 6) is 0.410. The summed E-state index contributed by atoms with van der Waals surface area (Å²) in [6.07, 6.45) is 41.4. The Morgan fingerprint density at radius 3 is 0.835 bits per heavy atom. The first kappa shape index (κ1) is 79.0. The number of rotatable bonds is 36. The summed E-state index contributed by atoms with van der Waals surface area (Å²) in [6, 6.07) is 26.1. The van der Waals surface area contributed by atoms with Gasteiger partial charge in [0.25, 0.3) is 0 Å². The molecule has 8 aromatic rings. The molecule has 0 N–H and O–H groups in total. The van der Waals surface area contributed by atoms with E-state index in [1.807, 2.05) is 39.8 Å². The fourth-order valence-electron chi connectivity index (χ4n) is 11.2. The quantitative estimate of drug-likeness (QED) is 0.0117. The van der Waals surface area contributed by atoms with Gasteiger partial charge in [0, 0.05) is 96.3 Å². The number of hydrogen-bond acceptors (Lipinski definition) is 16. The largest absolute Gasteiger partial charge is 0.427 e. The van der Waals surface area contributed by atoms with E-state index in [1.165, 1.54) is 179 Å². The molecule has 0 atom stereocenters. The Balaban J connectivity index is 0.000000244. The van der Waals surface area contributed by atoms with Crippen LogP contribution in [-0.2, 0) is 19.2 Å². The lowest BCUT2D eigenvalue weighted by Crippen LogP contribution is -2.07. The van der Waals surface area contributed by atoms with Crippen molar-refractivity contribution in [2.24, 2.45) is 0 Å². The Bertz CT molecular complexity index is 4010. The number of carbonyl (C=O) groups is 4. The Labute approximate surface area is 571 Å². The fraction of sp³-hybridized carbons (Fsp3) is 0.481. The minimum Gasteiger partial charge on any atom is -0.427 e. The van der Waals surface area contributed by atoms with E-state index in [-0.39, 0.29) is 17.9 Å². The zero-order valence-corrected chi connectivity index (χ0v) is 58.8. The molecule has 8 rings (SSSR count). The molecule has 16 heteroatoms. The van der Waals surface area contributed by atoms with Crippen LogP contribution >= 0.6 is 0 Å². The van der Waals surface area contributed by atoms with Gasteiger partial charge < -0.3 is 36.6 Å². The highest BCUT2D eigenvalue weighted by Gasteiger charge is 2.12. The van der Waals surface area contributed by atoms with Crippen molar-refractivity contribution in [2.45, 2.75) is 254 Å². The van der Waals surface area contributed by atoms with Crippen molar-refractivity contribution in [1.29, 1.82) is 0 Å². The lowest BCUT2D eigenvalue weighted by molar-refractivity contribution is -0.135. The third kappa shape index (κ3) is 31.0. The lowest BCUT2D eigenvalue weighted by atomic mass is 10.0. The highest BCUT2D eigenvalue weighted by atomic mass is 16.5. The number of fused-ring (bicyclic) bond motifs is 4. The van der Waals surface area contributed by atoms with Gasteiger partial charge in [0.1, 0.15) is 45.3 Å². The normalized spacial score (nSPS) is 11.0. The predicted molar refractivity (Wildman–Crippen MR) is 386 cm³/mol. The zero-order valence-electron chi connectivity index (χ0n) is 58.8. The van der Waals surface area contributed by atoms with Gasteiger partial charge in [-0.15, -0.1) is 0 Å². The fourth-order valence-corrected chi connectivity index (χ4v) is 11.2. The van der Waals surface area contributed by atoms with Crippen LogP contribution in [-0.4, -0.2) is 23.9 Å². The van der Waals surface area contributed by atoms with E-state index in [1.54, 1.807) is 61.5 Å². The molecule has 0 fully saturated rings. The number of aryl methyl sites for hydroxylation is 4. The molecular weight excluding hydrogens is 1230 g/mol. The van der Waals surface area contributed by atoms with E-state index < -0.39 is 28.5 Å². The van der Waals surface area contributed by atoms with Crippen LogP contribution in [0.4, 0.5) is 0 Å². The van der Waals surface area contributed by atoms with Crippen molar-refractivity contribution in [3.05, 3.63) is 173 Å². The maximum Gasteiger partial charge on any atom is 0.336 e. The van der Waals surface area contributed by atoms with Crippen molar-refractivity contribution < 1.29 is 55.8 Å². The number of esters is 4. The van der Waals surface area contributed by atoms with Crippen LogP contribution in [0.5, 0.6) is 23.0 Å². The third-order valence-electron chi connectivity index (χ3n) is 16.6. The van der Waals surface area contributed by atoms with Gasteiger partial charge in [-0.1, -0.05) is 174 Å². The second-order valence-electron chi connectivity index (χ2n) is 25.0. The average molecular weight is 1330 g/mol. The molecule has 0 aliphatic rings. The van der Waals surface area contributed by atoms with E-state index in [9.17, 15) is 38.4 Å². The molecule has 524 valence electrons. The second kappa shape index (κ2) is 45.0. The molecule has 4 aromatic carbocycles. The monoisotopic (exact) mass is 1330 g/mol. The van der Waals surface area contributed by atoms with Crippen LogP contribution in [0.25, 0.3) is 43.9 Å². The standard InChI is InChI=1S/C28H42O4.C28H40O4.C13H12O4.C12H10O4/c2*1-3-4-5-6-7-8-9-10-11-12-13-14-15-16-17-18-27(29)31-24-19-20-25-23(2)21-28(30)32-26(25)22-24;1-3-12(14)16-9-4-5-10-8(2)6-13(15)17-11(10)7-9;1-7-5-12(14)16-11-6-9(15-8(2)13)3-4-10(7)11/h19-22H,3-18H2,1-2H3;10-11,19-22H,3-9,12-18H2,1-2H3;4-7H,3H2,1-2H3;3-6H,1-2H3/b;11-10-;;. The molecule has 0 saturated carbocycles. The molecule has 16 nitrogen and oxygen atoms in total. The van der Waals surface area contributed by atoms with Crippen molar-refractivity contribution in [3.8, 4) is 23.0 Å². The molecule has 0 amide bonds. The van der Waals surface area contributed by atoms with E-state index in [4.69, 9.17) is 36.6 Å². The molecule has 4 aromatic heterocycles. The van der Waals surface area contributed by atoms with Gasteiger partial charge in [-0.05, 0) is 137 Å². The van der Waals surface area contributed by atoms with E-state index >= 15 is 0 Å². The van der Waals surface area contributed by atoms with Gasteiger partial charge in [-0.3, -0.25) is 19.2 Å². The average Bonchev–Trinajstić information content (AvgIpc) is 0.850. The summed E-state index contributed by atoms with van der Waals surface area (Å²) in [4.78, 5) is 91.5. The number of carbonyl (C=O) groups excluding carboxylic acids is 4. The van der Waals surface area contributed by atoms with Gasteiger partial charge in [-0.25, -0.2) is 19.2 Å². The first-order chi connectivity index (χ1) is 46.8. The molecule has 97 heavy (non-hydrogen) atoms. The van der Waals surface area contributed by atoms with Crippen molar-refractivity contribution in [3.63, 3.8) is 0 Å². The van der Waals surface area contributed by atoms with E-state index in [0.717, 1.165) is 82.3 Å². The summed E-state index contributed by atoms with van der Waals surface area (Å²) >= 11 is 0. The van der Waals surface area contributed by atoms with Gasteiger partial charge >= 0.3 is 46.4 Å². The Morgan fingerprint density at radius 2 is 0.567 bits per heavy atom. The van der Waals surface area contributed by atoms with Crippen LogP contribution in [0, 0.1) is 27.7 Å². The summed E-state index contributed by atoms with van der Waals surface area (Å²) in [5.41, 5.74) is 3.51. The molecule has 0 radical (unpaired) electrons. The maximum atomic E-state index is 12.1. The van der Waals surface area contributed by atoms with E-state index in [2.05, 4.69) is 26.0 Å². The number of hydrogen-bond donors (Lipinski definition) is 0. The molecule has 4 heterocycles. The zero-order chi connectivity index (χ0) is 70.2. The highest BCUT2D eigenvalue weighted by Crippen LogP contribution is 2.27. The van der Waals surface area contributed by atoms with Crippen LogP contribution in [0.2, 0.25) is 0 Å². The van der Waals surface area contributed by atoms with Gasteiger partial charge in [-0.2, -0.15) is 0 Å². The van der Waals surface area contributed by atoms with Crippen LogP contribution in [0.15, 0.2) is 146 Å². The highest BCUT2D eigenvalue weighted by molar-refractivity contribution is 5.85. The predicted octanol–water partition coefficient (Wildman–Crippen LogP) is 20.8. The molecule has 0 bridgehead atoms. The number of ether oxygens (including phenoxy) is 4. The second-order valence-corrected chi connectivity index (χ2v) is 25.0.